The molecule has 0 saturated heterocycles. The quantitative estimate of drug-likeness (QED) is 0.599. The third-order valence-electron chi connectivity index (χ3n) is 2.28. The van der Waals surface area contributed by atoms with E-state index < -0.39 is 0 Å². The normalized spacial score (nSPS) is 14.5. The van der Waals surface area contributed by atoms with Crippen LogP contribution in [0.25, 0.3) is 0 Å². The van der Waals surface area contributed by atoms with Gasteiger partial charge in [-0.3, -0.25) is 0 Å². The van der Waals surface area contributed by atoms with E-state index in [1.54, 1.807) is 0 Å². The minimum Gasteiger partial charge on any atom is -0.392 e. The first-order valence-corrected chi connectivity index (χ1v) is 5.41. The van der Waals surface area contributed by atoms with E-state index in [9.17, 15) is 0 Å². The fourth-order valence-electron chi connectivity index (χ4n) is 1.33. The molecule has 0 amide bonds. The second kappa shape index (κ2) is 6.39. The van der Waals surface area contributed by atoms with Crippen molar-refractivity contribution in [2.75, 3.05) is 6.54 Å². The van der Waals surface area contributed by atoms with Gasteiger partial charge in [0.1, 0.15) is 0 Å². The minimum absolute atomic E-state index is 0.173. The average molecular weight is 187 g/mol. The molecule has 0 radical (unpaired) electrons. The van der Waals surface area contributed by atoms with Crippen LogP contribution in [-0.2, 0) is 0 Å². The van der Waals surface area contributed by atoms with Crippen LogP contribution in [0.1, 0.15) is 53.4 Å². The Labute approximate surface area is 82.7 Å². The summed E-state index contributed by atoms with van der Waals surface area (Å²) in [5, 5.41) is 12.5. The van der Waals surface area contributed by atoms with E-state index in [0.717, 1.165) is 0 Å². The van der Waals surface area contributed by atoms with Crippen molar-refractivity contribution >= 4 is 0 Å². The van der Waals surface area contributed by atoms with Gasteiger partial charge in [-0.25, -0.2) is 0 Å². The molecule has 0 aliphatic rings. The van der Waals surface area contributed by atoms with Gasteiger partial charge in [0.15, 0.2) is 0 Å². The van der Waals surface area contributed by atoms with Crippen LogP contribution >= 0.6 is 0 Å². The third-order valence-corrected chi connectivity index (χ3v) is 2.28. The van der Waals surface area contributed by atoms with Crippen molar-refractivity contribution in [3.63, 3.8) is 0 Å². The largest absolute Gasteiger partial charge is 0.392 e. The van der Waals surface area contributed by atoms with Crippen LogP contribution in [0.3, 0.4) is 0 Å². The summed E-state index contributed by atoms with van der Waals surface area (Å²) < 4.78 is 0. The molecular weight excluding hydrogens is 162 g/mol. The Hall–Kier alpha value is -0.0800. The molecule has 0 bridgehead atoms. The lowest BCUT2D eigenvalue weighted by molar-refractivity contribution is 0.173. The molecule has 0 fully saturated rings. The van der Waals surface area contributed by atoms with Crippen LogP contribution in [0.4, 0.5) is 0 Å². The molecule has 0 heterocycles. The van der Waals surface area contributed by atoms with Gasteiger partial charge in [0.25, 0.3) is 0 Å². The van der Waals surface area contributed by atoms with E-state index >= 15 is 0 Å². The van der Waals surface area contributed by atoms with Crippen LogP contribution in [0.5, 0.6) is 0 Å². The maximum atomic E-state index is 9.12. The predicted octanol–water partition coefficient (Wildman–Crippen LogP) is 2.32. The molecule has 0 aromatic carbocycles. The Morgan fingerprint density at radius 1 is 1.31 bits per heavy atom. The summed E-state index contributed by atoms with van der Waals surface area (Å²) in [6, 6.07) is 0. The van der Waals surface area contributed by atoms with Crippen molar-refractivity contribution in [3.05, 3.63) is 0 Å². The second-order valence-electron chi connectivity index (χ2n) is 4.57. The Morgan fingerprint density at radius 2 is 1.92 bits per heavy atom. The number of rotatable bonds is 7. The number of unbranched alkanes of at least 4 members (excludes halogenated alkanes) is 2. The molecule has 0 aliphatic carbocycles. The van der Waals surface area contributed by atoms with Gasteiger partial charge in [-0.2, -0.15) is 0 Å². The Balaban J connectivity index is 3.54. The highest BCUT2D eigenvalue weighted by Crippen LogP contribution is 2.13. The summed E-state index contributed by atoms with van der Waals surface area (Å²) in [5.74, 6) is 0. The first-order valence-electron chi connectivity index (χ1n) is 5.41. The number of nitrogens with one attached hydrogen (secondary N) is 1. The van der Waals surface area contributed by atoms with Crippen molar-refractivity contribution in [1.29, 1.82) is 0 Å². The predicted molar refractivity (Wildman–Crippen MR) is 57.9 cm³/mol. The van der Waals surface area contributed by atoms with Gasteiger partial charge in [-0.1, -0.05) is 26.2 Å². The number of aliphatic hydroxyl groups excluding tert-OH is 1. The Kier molecular flexibility index (Phi) is 6.35. The molecule has 2 heteroatoms. The standard InChI is InChI=1S/C11H25NO/c1-5-6-7-8-11(3,4)12-9-10(2)13/h10,12-13H,5-9H2,1-4H3. The summed E-state index contributed by atoms with van der Waals surface area (Å²) in [5.41, 5.74) is 0.173. The molecule has 2 N–H and O–H groups in total. The Morgan fingerprint density at radius 3 is 2.38 bits per heavy atom. The van der Waals surface area contributed by atoms with Crippen LogP contribution in [0.2, 0.25) is 0 Å². The maximum absolute atomic E-state index is 9.12. The summed E-state index contributed by atoms with van der Waals surface area (Å²) in [6.45, 7) is 9.13. The van der Waals surface area contributed by atoms with Crippen molar-refractivity contribution in [1.82, 2.24) is 5.32 Å². The lowest BCUT2D eigenvalue weighted by Crippen LogP contribution is -2.42. The molecule has 0 rings (SSSR count). The smallest absolute Gasteiger partial charge is 0.0636 e. The summed E-state index contributed by atoms with van der Waals surface area (Å²) in [6.07, 6.45) is 4.79. The van der Waals surface area contributed by atoms with Crippen molar-refractivity contribution in [3.8, 4) is 0 Å². The average Bonchev–Trinajstić information content (AvgIpc) is 2.02. The number of hydrogen-bond donors (Lipinski definition) is 2. The van der Waals surface area contributed by atoms with Crippen LogP contribution < -0.4 is 5.32 Å². The highest BCUT2D eigenvalue weighted by Gasteiger charge is 2.16. The van der Waals surface area contributed by atoms with Crippen LogP contribution in [0, 0.1) is 0 Å². The fourth-order valence-corrected chi connectivity index (χ4v) is 1.33. The number of aliphatic hydroxyl groups is 1. The van der Waals surface area contributed by atoms with Gasteiger partial charge in [0, 0.05) is 12.1 Å². The summed E-state index contributed by atoms with van der Waals surface area (Å²) >= 11 is 0. The van der Waals surface area contributed by atoms with E-state index in [1.807, 2.05) is 6.92 Å². The molecular formula is C11H25NO. The molecule has 2 nitrogen and oxygen atoms in total. The van der Waals surface area contributed by atoms with Crippen molar-refractivity contribution in [2.45, 2.75) is 65.0 Å². The third kappa shape index (κ3) is 8.26. The first-order chi connectivity index (χ1) is 5.98. The maximum Gasteiger partial charge on any atom is 0.0636 e. The molecule has 0 spiro atoms. The van der Waals surface area contributed by atoms with Gasteiger partial charge >= 0.3 is 0 Å². The number of β-amino-alcohol motifs (C(OH)–C–C–N with tert-alkyl or cyclic N) is 1. The second-order valence-corrected chi connectivity index (χ2v) is 4.57. The van der Waals surface area contributed by atoms with E-state index in [1.165, 1.54) is 25.7 Å². The molecule has 0 aliphatic heterocycles. The molecule has 80 valence electrons. The zero-order valence-electron chi connectivity index (χ0n) is 9.56. The zero-order valence-corrected chi connectivity index (χ0v) is 9.56. The Bertz CT molecular complexity index is 121. The fraction of sp³-hybridized carbons (Fsp3) is 1.00. The van der Waals surface area contributed by atoms with Gasteiger partial charge in [-0.15, -0.1) is 0 Å². The van der Waals surface area contributed by atoms with Gasteiger partial charge in [-0.05, 0) is 27.2 Å². The molecule has 1 atom stereocenters. The van der Waals surface area contributed by atoms with E-state index in [-0.39, 0.29) is 11.6 Å². The lowest BCUT2D eigenvalue weighted by Gasteiger charge is -2.27. The topological polar surface area (TPSA) is 32.3 Å². The van der Waals surface area contributed by atoms with Crippen molar-refractivity contribution < 1.29 is 5.11 Å². The summed E-state index contributed by atoms with van der Waals surface area (Å²) in [7, 11) is 0. The molecule has 0 saturated carbocycles. The van der Waals surface area contributed by atoms with Gasteiger partial charge in [0.2, 0.25) is 0 Å². The number of hydrogen-bond acceptors (Lipinski definition) is 2. The first kappa shape index (κ1) is 12.9. The highest BCUT2D eigenvalue weighted by atomic mass is 16.3. The molecule has 13 heavy (non-hydrogen) atoms. The lowest BCUT2D eigenvalue weighted by atomic mass is 9.96. The van der Waals surface area contributed by atoms with Gasteiger partial charge in [0.05, 0.1) is 6.10 Å². The van der Waals surface area contributed by atoms with Gasteiger partial charge < -0.3 is 10.4 Å². The van der Waals surface area contributed by atoms with Crippen LogP contribution in [0.15, 0.2) is 0 Å². The van der Waals surface area contributed by atoms with E-state index in [4.69, 9.17) is 5.11 Å². The minimum atomic E-state index is -0.245. The summed E-state index contributed by atoms with van der Waals surface area (Å²) in [4.78, 5) is 0. The monoisotopic (exact) mass is 187 g/mol. The molecule has 1 unspecified atom stereocenters. The SMILES string of the molecule is CCCCCC(C)(C)NCC(C)O. The van der Waals surface area contributed by atoms with E-state index in [2.05, 4.69) is 26.1 Å². The van der Waals surface area contributed by atoms with Crippen molar-refractivity contribution in [2.24, 2.45) is 0 Å². The molecule has 0 aromatic heterocycles. The van der Waals surface area contributed by atoms with E-state index in [0.29, 0.717) is 6.54 Å². The highest BCUT2D eigenvalue weighted by molar-refractivity contribution is 4.77. The van der Waals surface area contributed by atoms with Crippen LogP contribution in [-0.4, -0.2) is 23.3 Å². The zero-order chi connectivity index (χ0) is 10.3. The molecule has 0 aromatic rings.